The second-order valence-corrected chi connectivity index (χ2v) is 7.38. The summed E-state index contributed by atoms with van der Waals surface area (Å²) in [5, 5.41) is 3.08. The van der Waals surface area contributed by atoms with E-state index in [2.05, 4.69) is 21.2 Å². The minimum absolute atomic E-state index is 0.0171. The Hall–Kier alpha value is -2.22. The van der Waals surface area contributed by atoms with E-state index in [1.54, 1.807) is 50.4 Å². The zero-order valence-electron chi connectivity index (χ0n) is 14.4. The van der Waals surface area contributed by atoms with E-state index in [1.807, 2.05) is 0 Å². The average molecular weight is 466 g/mol. The van der Waals surface area contributed by atoms with Crippen LogP contribution in [0.25, 0.3) is 6.08 Å². The first-order valence-electron chi connectivity index (χ1n) is 7.83. The molecule has 27 heavy (non-hydrogen) atoms. The van der Waals surface area contributed by atoms with Crippen molar-refractivity contribution in [3.8, 4) is 5.75 Å². The van der Waals surface area contributed by atoms with Gasteiger partial charge < -0.3 is 4.74 Å². The standard InChI is InChI=1S/C19H14BrClN2O3S/c1-10-14(21)4-3-5-15(10)23-18(25)12(17(24)22-19(23)27)8-11-6-7-16(26-2)13(20)9-11/h3-9H,1-2H3,(H,22,24,27)/b12-8+. The number of carbonyl (C=O) groups is 2. The molecule has 0 atom stereocenters. The SMILES string of the molecule is COc1ccc(/C=C2\C(=O)NC(=S)N(c3cccc(Cl)c3C)C2=O)cc1Br. The summed E-state index contributed by atoms with van der Waals surface area (Å²) in [4.78, 5) is 26.7. The fourth-order valence-electron chi connectivity index (χ4n) is 2.65. The zero-order valence-corrected chi connectivity index (χ0v) is 17.5. The molecule has 2 amide bonds. The minimum atomic E-state index is -0.548. The first kappa shape index (κ1) is 19.5. The first-order valence-corrected chi connectivity index (χ1v) is 9.41. The third-order valence-corrected chi connectivity index (χ3v) is 5.38. The molecule has 0 spiro atoms. The highest BCUT2D eigenvalue weighted by molar-refractivity contribution is 9.10. The Balaban J connectivity index is 2.05. The largest absolute Gasteiger partial charge is 0.496 e. The van der Waals surface area contributed by atoms with Gasteiger partial charge in [0.25, 0.3) is 11.8 Å². The van der Waals surface area contributed by atoms with E-state index in [1.165, 1.54) is 11.0 Å². The summed E-state index contributed by atoms with van der Waals surface area (Å²) >= 11 is 14.8. The van der Waals surface area contributed by atoms with Crippen molar-refractivity contribution >= 4 is 68.4 Å². The smallest absolute Gasteiger partial charge is 0.270 e. The number of benzene rings is 2. The van der Waals surface area contributed by atoms with E-state index in [0.717, 1.165) is 0 Å². The fraction of sp³-hybridized carbons (Fsp3) is 0.105. The molecule has 0 unspecified atom stereocenters. The van der Waals surface area contributed by atoms with Crippen molar-refractivity contribution in [3.05, 3.63) is 62.6 Å². The Morgan fingerprint density at radius 3 is 2.67 bits per heavy atom. The molecule has 1 saturated heterocycles. The van der Waals surface area contributed by atoms with Crippen molar-refractivity contribution in [1.82, 2.24) is 5.32 Å². The van der Waals surface area contributed by atoms with Crippen LogP contribution in [-0.4, -0.2) is 24.0 Å². The Morgan fingerprint density at radius 1 is 1.26 bits per heavy atom. The van der Waals surface area contributed by atoms with Crippen LogP contribution in [0.1, 0.15) is 11.1 Å². The quantitative estimate of drug-likeness (QED) is 0.418. The van der Waals surface area contributed by atoms with Gasteiger partial charge >= 0.3 is 0 Å². The molecule has 0 bridgehead atoms. The predicted molar refractivity (Wildman–Crippen MR) is 113 cm³/mol. The van der Waals surface area contributed by atoms with Crippen LogP contribution in [0.2, 0.25) is 5.02 Å². The highest BCUT2D eigenvalue weighted by atomic mass is 79.9. The second-order valence-electron chi connectivity index (χ2n) is 5.74. The van der Waals surface area contributed by atoms with E-state index < -0.39 is 11.8 Å². The number of ether oxygens (including phenoxy) is 1. The molecule has 2 aromatic carbocycles. The van der Waals surface area contributed by atoms with Gasteiger partial charge in [-0.3, -0.25) is 19.8 Å². The molecule has 1 fully saturated rings. The molecule has 1 N–H and O–H groups in total. The third kappa shape index (κ3) is 3.76. The van der Waals surface area contributed by atoms with Crippen molar-refractivity contribution in [2.45, 2.75) is 6.92 Å². The van der Waals surface area contributed by atoms with Crippen LogP contribution >= 0.6 is 39.7 Å². The lowest BCUT2D eigenvalue weighted by Crippen LogP contribution is -2.54. The zero-order chi connectivity index (χ0) is 19.7. The molecule has 3 rings (SSSR count). The molecule has 1 aliphatic rings. The number of nitrogens with one attached hydrogen (secondary N) is 1. The number of carbonyl (C=O) groups excluding carboxylic acids is 2. The monoisotopic (exact) mass is 464 g/mol. The van der Waals surface area contributed by atoms with Gasteiger partial charge in [-0.05, 0) is 76.5 Å². The molecule has 2 aromatic rings. The van der Waals surface area contributed by atoms with Crippen LogP contribution in [-0.2, 0) is 9.59 Å². The summed E-state index contributed by atoms with van der Waals surface area (Å²) < 4.78 is 5.90. The third-order valence-electron chi connectivity index (χ3n) is 4.07. The maximum absolute atomic E-state index is 13.1. The van der Waals surface area contributed by atoms with Gasteiger partial charge in [-0.2, -0.15) is 0 Å². The van der Waals surface area contributed by atoms with Crippen molar-refractivity contribution in [2.24, 2.45) is 0 Å². The summed E-state index contributed by atoms with van der Waals surface area (Å²) in [6.45, 7) is 1.79. The van der Waals surface area contributed by atoms with Crippen LogP contribution in [0, 0.1) is 6.92 Å². The Bertz CT molecular complexity index is 1010. The Labute approximate surface area is 175 Å². The van der Waals surface area contributed by atoms with Crippen LogP contribution in [0.3, 0.4) is 0 Å². The normalized spacial score (nSPS) is 15.9. The molecule has 0 saturated carbocycles. The highest BCUT2D eigenvalue weighted by Gasteiger charge is 2.35. The van der Waals surface area contributed by atoms with Crippen LogP contribution in [0.5, 0.6) is 5.75 Å². The van der Waals surface area contributed by atoms with Crippen molar-refractivity contribution in [3.63, 3.8) is 0 Å². The predicted octanol–water partition coefficient (Wildman–Crippen LogP) is 4.25. The number of rotatable bonds is 3. The molecular formula is C19H14BrClN2O3S. The van der Waals surface area contributed by atoms with Crippen molar-refractivity contribution in [1.29, 1.82) is 0 Å². The van der Waals surface area contributed by atoms with Gasteiger partial charge in [-0.15, -0.1) is 0 Å². The van der Waals surface area contributed by atoms with Crippen molar-refractivity contribution < 1.29 is 14.3 Å². The lowest BCUT2D eigenvalue weighted by atomic mass is 10.1. The summed E-state index contributed by atoms with van der Waals surface area (Å²) in [6, 6.07) is 10.4. The van der Waals surface area contributed by atoms with Gasteiger partial charge in [0, 0.05) is 5.02 Å². The van der Waals surface area contributed by atoms with E-state index in [0.29, 0.717) is 32.1 Å². The first-order chi connectivity index (χ1) is 12.8. The number of halogens is 2. The Morgan fingerprint density at radius 2 is 2.00 bits per heavy atom. The Kier molecular flexibility index (Phi) is 5.64. The fourth-order valence-corrected chi connectivity index (χ4v) is 3.66. The van der Waals surface area contributed by atoms with E-state index in [4.69, 9.17) is 28.6 Å². The summed E-state index contributed by atoms with van der Waals surface area (Å²) in [5.74, 6) is -0.414. The topological polar surface area (TPSA) is 58.6 Å². The lowest BCUT2D eigenvalue weighted by Gasteiger charge is -2.30. The number of nitrogens with zero attached hydrogens (tertiary/aromatic N) is 1. The van der Waals surface area contributed by atoms with Gasteiger partial charge in [0.1, 0.15) is 11.3 Å². The number of hydrogen-bond acceptors (Lipinski definition) is 4. The molecule has 0 aromatic heterocycles. The van der Waals surface area contributed by atoms with Gasteiger partial charge in [0.15, 0.2) is 5.11 Å². The minimum Gasteiger partial charge on any atom is -0.496 e. The van der Waals surface area contributed by atoms with Crippen molar-refractivity contribution in [2.75, 3.05) is 12.0 Å². The number of hydrogen-bond donors (Lipinski definition) is 1. The van der Waals surface area contributed by atoms with Gasteiger partial charge in [0.2, 0.25) is 0 Å². The molecule has 0 aliphatic carbocycles. The van der Waals surface area contributed by atoms with Gasteiger partial charge in [-0.25, -0.2) is 0 Å². The number of amides is 2. The van der Waals surface area contributed by atoms with Gasteiger partial charge in [0.05, 0.1) is 17.3 Å². The van der Waals surface area contributed by atoms with E-state index in [-0.39, 0.29) is 10.7 Å². The molecule has 138 valence electrons. The molecular weight excluding hydrogens is 452 g/mol. The maximum Gasteiger partial charge on any atom is 0.270 e. The van der Waals surface area contributed by atoms with E-state index >= 15 is 0 Å². The van der Waals surface area contributed by atoms with Crippen LogP contribution in [0.15, 0.2) is 46.4 Å². The highest BCUT2D eigenvalue weighted by Crippen LogP contribution is 2.30. The number of methoxy groups -OCH3 is 1. The second kappa shape index (κ2) is 7.80. The van der Waals surface area contributed by atoms with E-state index in [9.17, 15) is 9.59 Å². The maximum atomic E-state index is 13.1. The molecule has 5 nitrogen and oxygen atoms in total. The van der Waals surface area contributed by atoms with Crippen LogP contribution < -0.4 is 15.0 Å². The molecule has 1 aliphatic heterocycles. The summed E-state index contributed by atoms with van der Waals surface area (Å²) in [7, 11) is 1.56. The number of thiocarbonyl (C=S) groups is 1. The van der Waals surface area contributed by atoms with Crippen LogP contribution in [0.4, 0.5) is 5.69 Å². The molecule has 8 heteroatoms. The number of anilines is 1. The van der Waals surface area contributed by atoms with Gasteiger partial charge in [-0.1, -0.05) is 23.7 Å². The molecule has 0 radical (unpaired) electrons. The lowest BCUT2D eigenvalue weighted by molar-refractivity contribution is -0.122. The summed E-state index contributed by atoms with van der Waals surface area (Å²) in [5.41, 5.74) is 1.86. The average Bonchev–Trinajstić information content (AvgIpc) is 2.62. The molecule has 1 heterocycles. The summed E-state index contributed by atoms with van der Waals surface area (Å²) in [6.07, 6.45) is 1.51.